The molecule has 1 aliphatic heterocycles. The lowest BCUT2D eigenvalue weighted by atomic mass is 10.1. The Morgan fingerprint density at radius 1 is 0.906 bits per heavy atom. The van der Waals surface area contributed by atoms with Crippen molar-refractivity contribution in [3.63, 3.8) is 0 Å². The minimum absolute atomic E-state index is 0.203. The zero-order valence-electron chi connectivity index (χ0n) is 16.6. The van der Waals surface area contributed by atoms with Gasteiger partial charge in [-0.25, -0.2) is 0 Å². The van der Waals surface area contributed by atoms with E-state index in [-0.39, 0.29) is 5.91 Å². The Kier molecular flexibility index (Phi) is 7.67. The Balaban J connectivity index is 1.59. The second-order valence-electron chi connectivity index (χ2n) is 6.81. The fourth-order valence-electron chi connectivity index (χ4n) is 2.96. The van der Waals surface area contributed by atoms with Crippen LogP contribution in [-0.4, -0.2) is 10.2 Å². The highest BCUT2D eigenvalue weighted by Gasteiger charge is 2.22. The van der Waals surface area contributed by atoms with Gasteiger partial charge in [-0.15, -0.1) is 0 Å². The van der Waals surface area contributed by atoms with Crippen LogP contribution in [0.1, 0.15) is 16.7 Å². The fourth-order valence-corrected chi connectivity index (χ4v) is 4.79. The van der Waals surface area contributed by atoms with E-state index in [9.17, 15) is 4.79 Å². The molecule has 1 heterocycles. The van der Waals surface area contributed by atoms with Crippen LogP contribution in [0.2, 0.25) is 0 Å². The molecule has 0 atom stereocenters. The minimum Gasteiger partial charge on any atom is -0.489 e. The van der Waals surface area contributed by atoms with Gasteiger partial charge in [0.05, 0.1) is 4.91 Å². The highest BCUT2D eigenvalue weighted by atomic mass is 79.9. The van der Waals surface area contributed by atoms with Crippen LogP contribution in [0.3, 0.4) is 0 Å². The third-order valence-electron chi connectivity index (χ3n) is 4.61. The molecule has 0 unspecified atom stereocenters. The molecule has 4 rings (SSSR count). The Labute approximate surface area is 212 Å². The van der Waals surface area contributed by atoms with Crippen molar-refractivity contribution >= 4 is 72.1 Å². The van der Waals surface area contributed by atoms with Gasteiger partial charge in [0.2, 0.25) is 0 Å². The summed E-state index contributed by atoms with van der Waals surface area (Å²) in [6, 6.07) is 21.4. The van der Waals surface area contributed by atoms with Gasteiger partial charge in [0.1, 0.15) is 29.0 Å². The molecule has 1 amide bonds. The third kappa shape index (κ3) is 5.81. The van der Waals surface area contributed by atoms with Crippen LogP contribution in [0.4, 0.5) is 0 Å². The van der Waals surface area contributed by atoms with E-state index in [1.54, 1.807) is 6.08 Å². The number of benzene rings is 3. The fraction of sp³-hybridized carbons (Fsp3) is 0.0833. The number of carbonyl (C=O) groups excluding carboxylic acids is 1. The number of halogens is 2. The molecule has 0 aromatic heterocycles. The molecule has 4 nitrogen and oxygen atoms in total. The molecule has 162 valence electrons. The van der Waals surface area contributed by atoms with Crippen LogP contribution in [0.5, 0.6) is 11.5 Å². The SMILES string of the molecule is O=C1NC(=S)SC1=Cc1ccc(OCc2ccccc2Br)cc1OCc1ccccc1Br. The zero-order valence-corrected chi connectivity index (χ0v) is 21.4. The highest BCUT2D eigenvalue weighted by molar-refractivity contribution is 9.10. The van der Waals surface area contributed by atoms with Gasteiger partial charge in [0.15, 0.2) is 0 Å². The summed E-state index contributed by atoms with van der Waals surface area (Å²) in [5.74, 6) is 1.08. The van der Waals surface area contributed by atoms with Crippen molar-refractivity contribution in [1.29, 1.82) is 0 Å². The Hall–Kier alpha value is -2.13. The summed E-state index contributed by atoms with van der Waals surface area (Å²) in [7, 11) is 0. The van der Waals surface area contributed by atoms with E-state index in [1.165, 1.54) is 11.8 Å². The number of hydrogen-bond acceptors (Lipinski definition) is 5. The lowest BCUT2D eigenvalue weighted by Gasteiger charge is -2.14. The summed E-state index contributed by atoms with van der Waals surface area (Å²) in [6.07, 6.45) is 1.78. The molecule has 8 heteroatoms. The average molecular weight is 591 g/mol. The lowest BCUT2D eigenvalue weighted by Crippen LogP contribution is -2.17. The van der Waals surface area contributed by atoms with Gasteiger partial charge in [-0.1, -0.05) is 92.2 Å². The second kappa shape index (κ2) is 10.7. The first-order valence-corrected chi connectivity index (χ1v) is 12.4. The first kappa shape index (κ1) is 23.0. The molecule has 0 spiro atoms. The van der Waals surface area contributed by atoms with E-state index in [1.807, 2.05) is 66.7 Å². The molecule has 0 radical (unpaired) electrons. The number of rotatable bonds is 7. The van der Waals surface area contributed by atoms with E-state index >= 15 is 0 Å². The maximum Gasteiger partial charge on any atom is 0.263 e. The van der Waals surface area contributed by atoms with Crippen molar-refractivity contribution in [2.24, 2.45) is 0 Å². The molecule has 1 N–H and O–H groups in total. The normalized spacial score (nSPS) is 14.5. The largest absolute Gasteiger partial charge is 0.489 e. The molecule has 0 aliphatic carbocycles. The lowest BCUT2D eigenvalue weighted by molar-refractivity contribution is -0.115. The topological polar surface area (TPSA) is 47.6 Å². The van der Waals surface area contributed by atoms with Crippen LogP contribution in [0.25, 0.3) is 6.08 Å². The van der Waals surface area contributed by atoms with E-state index < -0.39 is 0 Å². The molecular formula is C24H17Br2NO3S2. The standard InChI is InChI=1S/C24H17Br2NO3S2/c25-19-7-3-1-5-16(19)13-29-18-10-9-15(11-22-23(28)27-24(31)32-22)21(12-18)30-14-17-6-2-4-8-20(17)26/h1-12H,13-14H2,(H,27,28,31). The van der Waals surface area contributed by atoms with Crippen LogP contribution in [0.15, 0.2) is 80.6 Å². The molecule has 3 aromatic carbocycles. The summed E-state index contributed by atoms with van der Waals surface area (Å²) >= 11 is 13.4. The van der Waals surface area contributed by atoms with Gasteiger partial charge in [0.25, 0.3) is 5.91 Å². The zero-order chi connectivity index (χ0) is 22.5. The molecular weight excluding hydrogens is 574 g/mol. The van der Waals surface area contributed by atoms with Crippen molar-refractivity contribution in [2.75, 3.05) is 0 Å². The first-order valence-electron chi connectivity index (χ1n) is 9.61. The molecule has 1 fully saturated rings. The molecule has 0 bridgehead atoms. The summed E-state index contributed by atoms with van der Waals surface area (Å²) < 4.78 is 14.6. The monoisotopic (exact) mass is 589 g/mol. The van der Waals surface area contributed by atoms with Gasteiger partial charge in [-0.2, -0.15) is 0 Å². The van der Waals surface area contributed by atoms with Crippen LogP contribution < -0.4 is 14.8 Å². The van der Waals surface area contributed by atoms with Crippen LogP contribution >= 0.6 is 55.8 Å². The summed E-state index contributed by atoms with van der Waals surface area (Å²) in [6.45, 7) is 0.779. The van der Waals surface area contributed by atoms with Crippen molar-refractivity contribution in [2.45, 2.75) is 13.2 Å². The number of hydrogen-bond donors (Lipinski definition) is 1. The second-order valence-corrected chi connectivity index (χ2v) is 10.2. The van der Waals surface area contributed by atoms with Crippen molar-refractivity contribution in [3.8, 4) is 11.5 Å². The number of carbonyl (C=O) groups is 1. The van der Waals surface area contributed by atoms with Gasteiger partial charge in [-0.05, 0) is 30.3 Å². The number of amides is 1. The van der Waals surface area contributed by atoms with E-state index in [0.29, 0.717) is 33.9 Å². The van der Waals surface area contributed by atoms with Crippen LogP contribution in [-0.2, 0) is 18.0 Å². The number of nitrogens with one attached hydrogen (secondary N) is 1. The molecule has 3 aromatic rings. The van der Waals surface area contributed by atoms with Crippen molar-refractivity contribution < 1.29 is 14.3 Å². The van der Waals surface area contributed by atoms with Crippen molar-refractivity contribution in [3.05, 3.63) is 97.3 Å². The summed E-state index contributed by atoms with van der Waals surface area (Å²) in [5, 5.41) is 2.64. The number of thioether (sulfide) groups is 1. The summed E-state index contributed by atoms with van der Waals surface area (Å²) in [4.78, 5) is 12.6. The molecule has 1 aliphatic rings. The van der Waals surface area contributed by atoms with Gasteiger partial charge < -0.3 is 14.8 Å². The number of ether oxygens (including phenoxy) is 2. The maximum atomic E-state index is 12.1. The molecule has 1 saturated heterocycles. The Morgan fingerprint density at radius 3 is 2.12 bits per heavy atom. The van der Waals surface area contributed by atoms with E-state index in [0.717, 1.165) is 25.6 Å². The Bertz CT molecular complexity index is 1210. The Morgan fingerprint density at radius 2 is 1.53 bits per heavy atom. The van der Waals surface area contributed by atoms with E-state index in [2.05, 4.69) is 37.2 Å². The summed E-state index contributed by atoms with van der Waals surface area (Å²) in [5.41, 5.74) is 2.83. The smallest absolute Gasteiger partial charge is 0.263 e. The highest BCUT2D eigenvalue weighted by Crippen LogP contribution is 2.33. The van der Waals surface area contributed by atoms with Crippen LogP contribution in [0, 0.1) is 0 Å². The quantitative estimate of drug-likeness (QED) is 0.241. The third-order valence-corrected chi connectivity index (χ3v) is 7.32. The van der Waals surface area contributed by atoms with Gasteiger partial charge in [0, 0.05) is 31.7 Å². The van der Waals surface area contributed by atoms with Crippen molar-refractivity contribution in [1.82, 2.24) is 5.32 Å². The van der Waals surface area contributed by atoms with Gasteiger partial charge in [-0.3, -0.25) is 4.79 Å². The molecule has 32 heavy (non-hydrogen) atoms. The predicted octanol–water partition coefficient (Wildman–Crippen LogP) is 6.86. The van der Waals surface area contributed by atoms with Gasteiger partial charge >= 0.3 is 0 Å². The molecule has 0 saturated carbocycles. The average Bonchev–Trinajstić information content (AvgIpc) is 3.10. The minimum atomic E-state index is -0.203. The number of thiocarbonyl (C=S) groups is 1. The van der Waals surface area contributed by atoms with E-state index in [4.69, 9.17) is 21.7 Å². The first-order chi connectivity index (χ1) is 15.5. The predicted molar refractivity (Wildman–Crippen MR) is 140 cm³/mol. The maximum absolute atomic E-state index is 12.1.